The van der Waals surface area contributed by atoms with Gasteiger partial charge in [-0.3, -0.25) is 9.58 Å². The molecule has 0 radical (unpaired) electrons. The molecule has 0 bridgehead atoms. The van der Waals surface area contributed by atoms with Gasteiger partial charge in [-0.05, 0) is 45.5 Å². The van der Waals surface area contributed by atoms with Gasteiger partial charge in [0.05, 0.1) is 5.69 Å². The zero-order chi connectivity index (χ0) is 11.4. The van der Waals surface area contributed by atoms with Gasteiger partial charge in [0.2, 0.25) is 0 Å². The quantitative estimate of drug-likeness (QED) is 0.890. The smallest absolute Gasteiger partial charge is 0.0521 e. The lowest BCUT2D eigenvalue weighted by Crippen LogP contribution is -2.32. The number of hydrogen-bond donors (Lipinski definition) is 1. The number of nitrogens with one attached hydrogen (secondary N) is 1. The van der Waals surface area contributed by atoms with E-state index in [2.05, 4.69) is 28.4 Å². The highest BCUT2D eigenvalue weighted by molar-refractivity contribution is 5.85. The molecule has 1 saturated heterocycles. The zero-order valence-corrected chi connectivity index (χ0v) is 11.5. The Bertz CT molecular complexity index is 318. The Balaban J connectivity index is 0.00000144. The van der Waals surface area contributed by atoms with Gasteiger partial charge in [0.1, 0.15) is 0 Å². The number of hydrogen-bond acceptors (Lipinski definition) is 3. The van der Waals surface area contributed by atoms with Crippen LogP contribution in [-0.2, 0) is 13.6 Å². The molecule has 1 aliphatic heterocycles. The van der Waals surface area contributed by atoms with Crippen LogP contribution in [0, 0.1) is 0 Å². The molecule has 2 rings (SSSR count). The summed E-state index contributed by atoms with van der Waals surface area (Å²) in [6.45, 7) is 3.33. The average molecular weight is 259 g/mol. The first kappa shape index (κ1) is 14.5. The number of rotatable bonds is 3. The fourth-order valence-electron chi connectivity index (χ4n) is 2.38. The Morgan fingerprint density at radius 3 is 3.00 bits per heavy atom. The second-order valence-corrected chi connectivity index (χ2v) is 4.70. The molecule has 2 heterocycles. The highest BCUT2D eigenvalue weighted by atomic mass is 35.5. The summed E-state index contributed by atoms with van der Waals surface area (Å²) in [6, 6.07) is 2.82. The maximum atomic E-state index is 4.21. The second-order valence-electron chi connectivity index (χ2n) is 4.70. The molecule has 1 aromatic rings. The Morgan fingerprint density at radius 1 is 1.47 bits per heavy atom. The Morgan fingerprint density at radius 2 is 2.29 bits per heavy atom. The van der Waals surface area contributed by atoms with Crippen LogP contribution >= 0.6 is 12.4 Å². The van der Waals surface area contributed by atoms with Gasteiger partial charge in [-0.1, -0.05) is 0 Å². The summed E-state index contributed by atoms with van der Waals surface area (Å²) in [5.41, 5.74) is 1.29. The molecule has 0 saturated carbocycles. The summed E-state index contributed by atoms with van der Waals surface area (Å²) in [7, 11) is 4.24. The van der Waals surface area contributed by atoms with E-state index in [1.54, 1.807) is 0 Å². The number of nitrogens with zero attached hydrogens (tertiary/aromatic N) is 3. The molecule has 1 atom stereocenters. The number of halogens is 1. The first-order valence-electron chi connectivity index (χ1n) is 6.15. The van der Waals surface area contributed by atoms with Crippen LogP contribution in [0.1, 0.15) is 25.0 Å². The van der Waals surface area contributed by atoms with Crippen LogP contribution < -0.4 is 5.32 Å². The molecule has 0 aliphatic carbocycles. The minimum absolute atomic E-state index is 0. The van der Waals surface area contributed by atoms with Crippen molar-refractivity contribution in [2.75, 3.05) is 20.1 Å². The monoisotopic (exact) mass is 258 g/mol. The first-order valence-corrected chi connectivity index (χ1v) is 6.15. The third kappa shape index (κ3) is 3.98. The van der Waals surface area contributed by atoms with Gasteiger partial charge in [0.25, 0.3) is 0 Å². The summed E-state index contributed by atoms with van der Waals surface area (Å²) in [5.74, 6) is 0. The fourth-order valence-corrected chi connectivity index (χ4v) is 2.38. The minimum atomic E-state index is 0. The molecule has 1 fully saturated rings. The molecule has 1 unspecified atom stereocenters. The van der Waals surface area contributed by atoms with Crippen molar-refractivity contribution in [1.29, 1.82) is 0 Å². The average Bonchev–Trinajstić information content (AvgIpc) is 2.57. The maximum Gasteiger partial charge on any atom is 0.0521 e. The molecule has 0 aromatic carbocycles. The molecule has 0 amide bonds. The van der Waals surface area contributed by atoms with Crippen LogP contribution in [0.15, 0.2) is 12.3 Å². The summed E-state index contributed by atoms with van der Waals surface area (Å²) >= 11 is 0. The third-order valence-corrected chi connectivity index (χ3v) is 3.50. The largest absolute Gasteiger partial charge is 0.317 e. The summed E-state index contributed by atoms with van der Waals surface area (Å²) in [4.78, 5) is 2.46. The van der Waals surface area contributed by atoms with E-state index in [-0.39, 0.29) is 12.4 Å². The second kappa shape index (κ2) is 6.99. The van der Waals surface area contributed by atoms with Gasteiger partial charge in [0.15, 0.2) is 0 Å². The standard InChI is InChI=1S/C12H22N4.ClH/c1-15(10-12-6-9-14-16(12)2)11-4-3-7-13-8-5-11;/h6,9,11,13H,3-5,7-8,10H2,1-2H3;1H. The van der Waals surface area contributed by atoms with Crippen molar-refractivity contribution < 1.29 is 0 Å². The van der Waals surface area contributed by atoms with Crippen LogP contribution in [0.2, 0.25) is 0 Å². The summed E-state index contributed by atoms with van der Waals surface area (Å²) < 4.78 is 1.96. The van der Waals surface area contributed by atoms with Gasteiger partial charge < -0.3 is 5.32 Å². The zero-order valence-electron chi connectivity index (χ0n) is 10.7. The maximum absolute atomic E-state index is 4.21. The molecule has 0 spiro atoms. The first-order chi connectivity index (χ1) is 7.77. The predicted octanol–water partition coefficient (Wildman–Crippen LogP) is 1.42. The fraction of sp³-hybridized carbons (Fsp3) is 0.750. The van der Waals surface area contributed by atoms with Gasteiger partial charge in [0, 0.05) is 25.8 Å². The van der Waals surface area contributed by atoms with E-state index in [1.165, 1.54) is 31.5 Å². The molecule has 1 N–H and O–H groups in total. The van der Waals surface area contributed by atoms with Crippen LogP contribution in [0.3, 0.4) is 0 Å². The molecule has 1 aliphatic rings. The van der Waals surface area contributed by atoms with Crippen molar-refractivity contribution in [2.45, 2.75) is 31.8 Å². The SMILES string of the molecule is CN(Cc1ccnn1C)C1CCCNCC1.Cl. The van der Waals surface area contributed by atoms with Crippen molar-refractivity contribution in [3.63, 3.8) is 0 Å². The Kier molecular flexibility index (Phi) is 5.95. The molecule has 17 heavy (non-hydrogen) atoms. The summed E-state index contributed by atoms with van der Waals surface area (Å²) in [5, 5.41) is 7.67. The predicted molar refractivity (Wildman–Crippen MR) is 72.4 cm³/mol. The van der Waals surface area contributed by atoms with E-state index in [1.807, 2.05) is 17.9 Å². The highest BCUT2D eigenvalue weighted by Crippen LogP contribution is 2.14. The number of aromatic nitrogens is 2. The molecular formula is C12H23ClN4. The lowest BCUT2D eigenvalue weighted by Gasteiger charge is -2.26. The normalized spacial score (nSPS) is 21.0. The lowest BCUT2D eigenvalue weighted by atomic mass is 10.1. The van der Waals surface area contributed by atoms with Crippen molar-refractivity contribution in [3.05, 3.63) is 18.0 Å². The van der Waals surface area contributed by atoms with Crippen LogP contribution in [0.4, 0.5) is 0 Å². The molecule has 5 heteroatoms. The van der Waals surface area contributed by atoms with Crippen LogP contribution in [-0.4, -0.2) is 40.9 Å². The van der Waals surface area contributed by atoms with Crippen molar-refractivity contribution in [1.82, 2.24) is 20.0 Å². The number of aryl methyl sites for hydroxylation is 1. The minimum Gasteiger partial charge on any atom is -0.317 e. The van der Waals surface area contributed by atoms with Gasteiger partial charge in [-0.15, -0.1) is 12.4 Å². The van der Waals surface area contributed by atoms with Crippen LogP contribution in [0.5, 0.6) is 0 Å². The van der Waals surface area contributed by atoms with E-state index in [9.17, 15) is 0 Å². The highest BCUT2D eigenvalue weighted by Gasteiger charge is 2.17. The molecule has 1 aromatic heterocycles. The van der Waals surface area contributed by atoms with E-state index in [0.29, 0.717) is 6.04 Å². The Hall–Kier alpha value is -0.580. The van der Waals surface area contributed by atoms with Crippen molar-refractivity contribution >= 4 is 12.4 Å². The van der Waals surface area contributed by atoms with E-state index >= 15 is 0 Å². The molecule has 98 valence electrons. The third-order valence-electron chi connectivity index (χ3n) is 3.50. The van der Waals surface area contributed by atoms with E-state index in [0.717, 1.165) is 13.1 Å². The van der Waals surface area contributed by atoms with E-state index in [4.69, 9.17) is 0 Å². The molecular weight excluding hydrogens is 236 g/mol. The van der Waals surface area contributed by atoms with Crippen molar-refractivity contribution in [3.8, 4) is 0 Å². The van der Waals surface area contributed by atoms with Gasteiger partial charge in [-0.2, -0.15) is 5.10 Å². The van der Waals surface area contributed by atoms with Crippen LogP contribution in [0.25, 0.3) is 0 Å². The Labute approximate surface area is 110 Å². The van der Waals surface area contributed by atoms with Gasteiger partial charge >= 0.3 is 0 Å². The lowest BCUT2D eigenvalue weighted by molar-refractivity contribution is 0.211. The van der Waals surface area contributed by atoms with Crippen molar-refractivity contribution in [2.24, 2.45) is 7.05 Å². The van der Waals surface area contributed by atoms with Gasteiger partial charge in [-0.25, -0.2) is 0 Å². The topological polar surface area (TPSA) is 33.1 Å². The van der Waals surface area contributed by atoms with E-state index < -0.39 is 0 Å². The summed E-state index contributed by atoms with van der Waals surface area (Å²) in [6.07, 6.45) is 5.73. The molecule has 4 nitrogen and oxygen atoms in total.